The van der Waals surface area contributed by atoms with Crippen LogP contribution in [0, 0.1) is 0 Å². The van der Waals surface area contributed by atoms with Gasteiger partial charge in [-0.3, -0.25) is 14.9 Å². The Morgan fingerprint density at radius 3 is 2.57 bits per heavy atom. The SMILES string of the molecule is COCC(C)NC(=O)NC(=O)Cn1cc(C(F)(F)F)ccc1=O. The highest BCUT2D eigenvalue weighted by molar-refractivity contribution is 5.94. The first kappa shape index (κ1) is 18.7. The number of hydrogen-bond donors (Lipinski definition) is 2. The highest BCUT2D eigenvalue weighted by Gasteiger charge is 2.31. The molecule has 0 bridgehead atoms. The molecule has 23 heavy (non-hydrogen) atoms. The average Bonchev–Trinajstić information content (AvgIpc) is 2.39. The van der Waals surface area contributed by atoms with E-state index < -0.39 is 35.8 Å². The monoisotopic (exact) mass is 335 g/mol. The molecule has 0 spiro atoms. The standard InChI is InChI=1S/C13H16F3N3O4/c1-8(7-23-2)17-12(22)18-10(20)6-19-5-9(13(14,15)16)3-4-11(19)21/h3-5,8H,6-7H2,1-2H3,(H2,17,18,20,22). The van der Waals surface area contributed by atoms with E-state index in [1.165, 1.54) is 7.11 Å². The molecule has 3 amide bonds. The number of nitrogens with one attached hydrogen (secondary N) is 2. The number of alkyl halides is 3. The van der Waals surface area contributed by atoms with Crippen LogP contribution < -0.4 is 16.2 Å². The van der Waals surface area contributed by atoms with Crippen LogP contribution >= 0.6 is 0 Å². The zero-order valence-electron chi connectivity index (χ0n) is 12.4. The van der Waals surface area contributed by atoms with E-state index in [9.17, 15) is 27.6 Å². The highest BCUT2D eigenvalue weighted by Crippen LogP contribution is 2.27. The summed E-state index contributed by atoms with van der Waals surface area (Å²) in [5.41, 5.74) is -1.86. The Morgan fingerprint density at radius 2 is 2.00 bits per heavy atom. The number of methoxy groups -OCH3 is 1. The van der Waals surface area contributed by atoms with Crippen molar-refractivity contribution in [3.8, 4) is 0 Å². The molecule has 10 heteroatoms. The number of halogens is 3. The van der Waals surface area contributed by atoms with Crippen LogP contribution in [0.25, 0.3) is 0 Å². The summed E-state index contributed by atoms with van der Waals surface area (Å²) in [7, 11) is 1.43. The van der Waals surface area contributed by atoms with Gasteiger partial charge in [-0.25, -0.2) is 4.79 Å². The number of hydrogen-bond acceptors (Lipinski definition) is 4. The van der Waals surface area contributed by atoms with Crippen LogP contribution in [0.4, 0.5) is 18.0 Å². The number of urea groups is 1. The van der Waals surface area contributed by atoms with Crippen molar-refractivity contribution in [3.05, 3.63) is 34.2 Å². The lowest BCUT2D eigenvalue weighted by molar-refractivity contribution is -0.138. The summed E-state index contributed by atoms with van der Waals surface area (Å²) in [6, 6.07) is 0.121. The molecule has 1 aromatic rings. The number of ether oxygens (including phenoxy) is 1. The molecule has 0 aliphatic rings. The van der Waals surface area contributed by atoms with Crippen molar-refractivity contribution in [2.45, 2.75) is 25.7 Å². The quantitative estimate of drug-likeness (QED) is 0.830. The minimum Gasteiger partial charge on any atom is -0.383 e. The van der Waals surface area contributed by atoms with Crippen LogP contribution in [-0.2, 0) is 22.3 Å². The van der Waals surface area contributed by atoms with Crippen molar-refractivity contribution in [1.82, 2.24) is 15.2 Å². The molecule has 0 saturated carbocycles. The molecular formula is C13H16F3N3O4. The summed E-state index contributed by atoms with van der Waals surface area (Å²) in [5, 5.41) is 4.30. The lowest BCUT2D eigenvalue weighted by Gasteiger charge is -2.14. The maximum atomic E-state index is 12.6. The summed E-state index contributed by atoms with van der Waals surface area (Å²) in [4.78, 5) is 34.6. The van der Waals surface area contributed by atoms with E-state index in [0.717, 1.165) is 0 Å². The predicted octanol–water partition coefficient (Wildman–Crippen LogP) is 0.728. The van der Waals surface area contributed by atoms with Crippen molar-refractivity contribution < 1.29 is 27.5 Å². The molecule has 0 saturated heterocycles. The number of imide groups is 1. The van der Waals surface area contributed by atoms with Crippen LogP contribution in [0.1, 0.15) is 12.5 Å². The van der Waals surface area contributed by atoms with Crippen molar-refractivity contribution in [2.24, 2.45) is 0 Å². The van der Waals surface area contributed by atoms with Gasteiger partial charge in [0.15, 0.2) is 0 Å². The molecular weight excluding hydrogens is 319 g/mol. The molecule has 0 radical (unpaired) electrons. The van der Waals surface area contributed by atoms with Gasteiger partial charge in [0.1, 0.15) is 6.54 Å². The lowest BCUT2D eigenvalue weighted by Crippen LogP contribution is -2.46. The van der Waals surface area contributed by atoms with Crippen molar-refractivity contribution in [3.63, 3.8) is 0 Å². The van der Waals surface area contributed by atoms with E-state index in [2.05, 4.69) is 5.32 Å². The summed E-state index contributed by atoms with van der Waals surface area (Å²) in [6.07, 6.45) is -4.12. The molecule has 0 aliphatic carbocycles. The van der Waals surface area contributed by atoms with Crippen LogP contribution in [0.3, 0.4) is 0 Å². The van der Waals surface area contributed by atoms with Gasteiger partial charge < -0.3 is 14.6 Å². The van der Waals surface area contributed by atoms with Crippen molar-refractivity contribution in [2.75, 3.05) is 13.7 Å². The van der Waals surface area contributed by atoms with E-state index in [0.29, 0.717) is 22.9 Å². The van der Waals surface area contributed by atoms with E-state index >= 15 is 0 Å². The van der Waals surface area contributed by atoms with Gasteiger partial charge in [-0.1, -0.05) is 0 Å². The van der Waals surface area contributed by atoms with E-state index in [4.69, 9.17) is 4.74 Å². The van der Waals surface area contributed by atoms with Gasteiger partial charge in [0, 0.05) is 19.4 Å². The third kappa shape index (κ3) is 6.10. The van der Waals surface area contributed by atoms with Gasteiger partial charge in [-0.05, 0) is 13.0 Å². The third-order valence-electron chi connectivity index (χ3n) is 2.67. The Bertz CT molecular complexity index is 628. The van der Waals surface area contributed by atoms with Gasteiger partial charge in [0.2, 0.25) is 5.91 Å². The minimum absolute atomic E-state index is 0.217. The molecule has 2 N–H and O–H groups in total. The van der Waals surface area contributed by atoms with Crippen molar-refractivity contribution >= 4 is 11.9 Å². The fourth-order valence-corrected chi connectivity index (χ4v) is 1.70. The zero-order valence-corrected chi connectivity index (χ0v) is 12.4. The smallest absolute Gasteiger partial charge is 0.383 e. The Hall–Kier alpha value is -2.36. The maximum Gasteiger partial charge on any atom is 0.417 e. The number of amides is 3. The summed E-state index contributed by atoms with van der Waals surface area (Å²) >= 11 is 0. The second kappa shape index (κ2) is 7.77. The van der Waals surface area contributed by atoms with Gasteiger partial charge in [-0.15, -0.1) is 0 Å². The second-order valence-corrected chi connectivity index (χ2v) is 4.76. The molecule has 1 unspecified atom stereocenters. The summed E-state index contributed by atoms with van der Waals surface area (Å²) in [5.74, 6) is -0.923. The first-order valence-corrected chi connectivity index (χ1v) is 6.50. The molecule has 1 atom stereocenters. The normalized spacial score (nSPS) is 12.6. The number of nitrogens with zero attached hydrogens (tertiary/aromatic N) is 1. The Kier molecular flexibility index (Phi) is 6.31. The number of carbonyl (C=O) groups is 2. The molecule has 0 fully saturated rings. The molecule has 1 aromatic heterocycles. The van der Waals surface area contributed by atoms with Crippen LogP contribution in [0.5, 0.6) is 0 Å². The number of aromatic nitrogens is 1. The molecule has 1 rings (SSSR count). The summed E-state index contributed by atoms with van der Waals surface area (Å²) < 4.78 is 43.1. The van der Waals surface area contributed by atoms with Crippen LogP contribution in [0.2, 0.25) is 0 Å². The molecule has 0 aromatic carbocycles. The predicted molar refractivity (Wildman–Crippen MR) is 73.7 cm³/mol. The molecule has 0 aliphatic heterocycles. The number of carbonyl (C=O) groups excluding carboxylic acids is 2. The summed E-state index contributed by atoms with van der Waals surface area (Å²) in [6.45, 7) is 1.13. The zero-order chi connectivity index (χ0) is 17.6. The number of rotatable bonds is 5. The Morgan fingerprint density at radius 1 is 1.35 bits per heavy atom. The van der Waals surface area contributed by atoms with E-state index in [1.54, 1.807) is 6.92 Å². The molecule has 1 heterocycles. The van der Waals surface area contributed by atoms with Gasteiger partial charge in [0.05, 0.1) is 18.2 Å². The largest absolute Gasteiger partial charge is 0.417 e. The average molecular weight is 335 g/mol. The fourth-order valence-electron chi connectivity index (χ4n) is 1.70. The first-order chi connectivity index (χ1) is 10.6. The van der Waals surface area contributed by atoms with E-state index in [-0.39, 0.29) is 12.6 Å². The van der Waals surface area contributed by atoms with Gasteiger partial charge in [-0.2, -0.15) is 13.2 Å². The van der Waals surface area contributed by atoms with Crippen LogP contribution in [-0.4, -0.2) is 36.3 Å². The fraction of sp³-hybridized carbons (Fsp3) is 0.462. The number of pyridine rings is 1. The lowest BCUT2D eigenvalue weighted by atomic mass is 10.3. The molecule has 7 nitrogen and oxygen atoms in total. The van der Waals surface area contributed by atoms with E-state index in [1.807, 2.05) is 5.32 Å². The Labute approximate surface area is 129 Å². The maximum absolute atomic E-state index is 12.6. The second-order valence-electron chi connectivity index (χ2n) is 4.76. The van der Waals surface area contributed by atoms with Gasteiger partial charge in [0.25, 0.3) is 5.56 Å². The Balaban J connectivity index is 2.71. The van der Waals surface area contributed by atoms with Gasteiger partial charge >= 0.3 is 12.2 Å². The molecule has 128 valence electrons. The van der Waals surface area contributed by atoms with Crippen LogP contribution in [0.15, 0.2) is 23.1 Å². The topological polar surface area (TPSA) is 89.4 Å². The minimum atomic E-state index is -4.64. The highest BCUT2D eigenvalue weighted by atomic mass is 19.4. The third-order valence-corrected chi connectivity index (χ3v) is 2.67. The first-order valence-electron chi connectivity index (χ1n) is 6.50. The van der Waals surface area contributed by atoms with Crippen molar-refractivity contribution in [1.29, 1.82) is 0 Å².